The van der Waals surface area contributed by atoms with Crippen LogP contribution in [0.5, 0.6) is 0 Å². The second-order valence-corrected chi connectivity index (χ2v) is 8.27. The van der Waals surface area contributed by atoms with E-state index in [9.17, 15) is 15.4 Å². The third-order valence-electron chi connectivity index (χ3n) is 5.80. The summed E-state index contributed by atoms with van der Waals surface area (Å²) in [6.45, 7) is 0.273. The highest BCUT2D eigenvalue weighted by atomic mass is 19.1. The molecule has 11 heteroatoms. The predicted octanol–water partition coefficient (Wildman–Crippen LogP) is 2.94. The number of hydrogen-bond donors (Lipinski definition) is 3. The number of halogens is 1. The lowest BCUT2D eigenvalue weighted by atomic mass is 10.00. The Balaban J connectivity index is 1.86. The van der Waals surface area contributed by atoms with Crippen LogP contribution in [0.15, 0.2) is 53.8 Å². The second-order valence-electron chi connectivity index (χ2n) is 8.27. The zero-order valence-corrected chi connectivity index (χ0v) is 19.2. The molecule has 0 fully saturated rings. The van der Waals surface area contributed by atoms with Crippen LogP contribution in [0.1, 0.15) is 39.9 Å². The molecule has 1 amide bonds. The molecule has 36 heavy (non-hydrogen) atoms. The molecule has 10 nitrogen and oxygen atoms in total. The van der Waals surface area contributed by atoms with E-state index in [0.29, 0.717) is 15.7 Å². The first kappa shape index (κ1) is 18.5. The van der Waals surface area contributed by atoms with Crippen molar-refractivity contribution in [3.63, 3.8) is 0 Å². The molecule has 3 aromatic heterocycles. The van der Waals surface area contributed by atoms with Gasteiger partial charge in [0.1, 0.15) is 23.5 Å². The molecule has 0 aliphatic carbocycles. The van der Waals surface area contributed by atoms with Gasteiger partial charge in [0.05, 0.1) is 23.9 Å². The Morgan fingerprint density at radius 3 is 2.67 bits per heavy atom. The fourth-order valence-electron chi connectivity index (χ4n) is 4.19. The van der Waals surface area contributed by atoms with Crippen LogP contribution in [0.4, 0.5) is 16.0 Å². The summed E-state index contributed by atoms with van der Waals surface area (Å²) in [4.78, 5) is 38.1. The Morgan fingerprint density at radius 1 is 1.22 bits per heavy atom. The number of carbonyl (C=O) groups excluding carboxylic acids is 1. The van der Waals surface area contributed by atoms with Gasteiger partial charge in [-0.25, -0.2) is 19.3 Å². The van der Waals surface area contributed by atoms with Crippen molar-refractivity contribution in [2.45, 2.75) is 19.9 Å². The van der Waals surface area contributed by atoms with E-state index < -0.39 is 30.3 Å². The molecule has 0 unspecified atom stereocenters. The molecule has 0 bridgehead atoms. The average molecular weight is 491 g/mol. The van der Waals surface area contributed by atoms with Gasteiger partial charge in [-0.3, -0.25) is 18.6 Å². The van der Waals surface area contributed by atoms with Crippen LogP contribution in [0, 0.1) is 12.7 Å². The first-order valence-corrected chi connectivity index (χ1v) is 10.7. The zero-order valence-electron chi connectivity index (χ0n) is 23.2. The van der Waals surface area contributed by atoms with Crippen molar-refractivity contribution in [3.05, 3.63) is 81.9 Å². The fourth-order valence-corrected chi connectivity index (χ4v) is 4.19. The van der Waals surface area contributed by atoms with Gasteiger partial charge in [0, 0.05) is 34.7 Å². The number of benzene rings is 2. The van der Waals surface area contributed by atoms with Gasteiger partial charge in [-0.2, -0.15) is 0 Å². The number of aryl methyl sites for hydroxylation is 2. The number of nitrogen functional groups attached to an aromatic ring is 1. The maximum absolute atomic E-state index is 13.9. The molecule has 0 spiro atoms. The summed E-state index contributed by atoms with van der Waals surface area (Å²) in [6, 6.07) is 4.79. The highest BCUT2D eigenvalue weighted by Gasteiger charge is 2.21. The highest BCUT2D eigenvalue weighted by Crippen LogP contribution is 2.31. The molecular formula is C25H23FN8O2. The van der Waals surface area contributed by atoms with E-state index in [1.165, 1.54) is 42.2 Å². The van der Waals surface area contributed by atoms with Crippen molar-refractivity contribution in [3.8, 4) is 11.3 Å². The summed E-state index contributed by atoms with van der Waals surface area (Å²) >= 11 is 0. The summed E-state index contributed by atoms with van der Waals surface area (Å²) in [5.74, 6) is -1.59. The van der Waals surface area contributed by atoms with Crippen LogP contribution in [0.3, 0.4) is 0 Å². The van der Waals surface area contributed by atoms with Gasteiger partial charge >= 0.3 is 0 Å². The average Bonchev–Trinajstić information content (AvgIpc) is 3.28. The molecule has 0 aliphatic heterocycles. The minimum absolute atomic E-state index is 0.00383. The minimum atomic E-state index is -2.90. The third-order valence-corrected chi connectivity index (χ3v) is 5.80. The van der Waals surface area contributed by atoms with Crippen molar-refractivity contribution >= 4 is 34.1 Å². The number of nitrogens with zero attached hydrogens (tertiary/aromatic N) is 5. The molecule has 0 aliphatic rings. The van der Waals surface area contributed by atoms with Crippen molar-refractivity contribution < 1.29 is 14.7 Å². The number of imidazole rings is 1. The number of carbonyl (C=O) groups is 1. The molecule has 5 aromatic rings. The molecule has 0 radical (unpaired) electrons. The van der Waals surface area contributed by atoms with E-state index in [-0.39, 0.29) is 45.0 Å². The number of amides is 1. The fraction of sp³-hybridized carbons (Fsp3) is 0.160. The van der Waals surface area contributed by atoms with E-state index in [1.807, 2.05) is 0 Å². The van der Waals surface area contributed by atoms with Gasteiger partial charge in [-0.1, -0.05) is 6.07 Å². The summed E-state index contributed by atoms with van der Waals surface area (Å²) in [5, 5.41) is 2.94. The number of fused-ring (bicyclic) bond motifs is 3. The molecule has 1 atom stereocenters. The SMILES string of the molecule is [2H]C([2H])([2H])n1c(=O)c2cc(C)cc([C@]([2H])(C)Nc3ccc(F)cc3C(N)=O)c2n2cnc(-c3cnc(N)nc3)c12. The Hall–Kier alpha value is -4.80. The van der Waals surface area contributed by atoms with E-state index in [4.69, 9.17) is 15.6 Å². The summed E-state index contributed by atoms with van der Waals surface area (Å²) < 4.78 is 49.6. The number of aromatic nitrogens is 5. The number of hydrogen-bond acceptors (Lipinski definition) is 7. The van der Waals surface area contributed by atoms with Crippen LogP contribution in [0.2, 0.25) is 0 Å². The molecule has 5 N–H and O–H groups in total. The first-order chi connectivity index (χ1) is 18.7. The summed E-state index contributed by atoms with van der Waals surface area (Å²) in [7, 11) is 0. The second kappa shape index (κ2) is 8.45. The van der Waals surface area contributed by atoms with Crippen molar-refractivity contribution in [1.29, 1.82) is 0 Å². The zero-order chi connectivity index (χ0) is 29.1. The van der Waals surface area contributed by atoms with E-state index in [0.717, 1.165) is 12.1 Å². The maximum atomic E-state index is 13.9. The van der Waals surface area contributed by atoms with E-state index in [1.54, 1.807) is 13.0 Å². The lowest BCUT2D eigenvalue weighted by Crippen LogP contribution is -2.22. The summed E-state index contributed by atoms with van der Waals surface area (Å²) in [6.07, 6.45) is 4.05. The number of primary amides is 1. The Bertz CT molecular complexity index is 1880. The molecule has 182 valence electrons. The number of nitrogens with two attached hydrogens (primary N) is 2. The molecule has 5 rings (SSSR count). The lowest BCUT2D eigenvalue weighted by molar-refractivity contribution is 0.100. The maximum Gasteiger partial charge on any atom is 0.261 e. The molecule has 0 saturated heterocycles. The largest absolute Gasteiger partial charge is 0.378 e. The Labute approximate surface area is 210 Å². The van der Waals surface area contributed by atoms with Gasteiger partial charge in [0.15, 0.2) is 0 Å². The van der Waals surface area contributed by atoms with Crippen LogP contribution in [0.25, 0.3) is 27.8 Å². The number of rotatable bonds is 5. The van der Waals surface area contributed by atoms with E-state index >= 15 is 0 Å². The van der Waals surface area contributed by atoms with Gasteiger partial charge in [0.25, 0.3) is 11.5 Å². The molecular weight excluding hydrogens is 463 g/mol. The van der Waals surface area contributed by atoms with Crippen LogP contribution in [-0.4, -0.2) is 29.8 Å². The normalized spacial score (nSPS) is 15.1. The number of nitrogens with one attached hydrogen (secondary N) is 1. The van der Waals surface area contributed by atoms with Crippen molar-refractivity contribution in [2.24, 2.45) is 12.7 Å². The van der Waals surface area contributed by atoms with Gasteiger partial charge in [-0.05, 0) is 49.2 Å². The quantitative estimate of drug-likeness (QED) is 0.343. The first-order valence-electron chi connectivity index (χ1n) is 12.7. The van der Waals surface area contributed by atoms with Crippen LogP contribution < -0.4 is 22.3 Å². The Morgan fingerprint density at radius 2 is 1.97 bits per heavy atom. The third kappa shape index (κ3) is 3.70. The van der Waals surface area contributed by atoms with Crippen molar-refractivity contribution in [1.82, 2.24) is 23.9 Å². The topological polar surface area (TPSA) is 146 Å². The molecule has 3 heterocycles. The molecule has 2 aromatic carbocycles. The smallest absolute Gasteiger partial charge is 0.261 e. The number of anilines is 2. The van der Waals surface area contributed by atoms with Crippen LogP contribution >= 0.6 is 0 Å². The van der Waals surface area contributed by atoms with Gasteiger partial charge in [0.2, 0.25) is 5.95 Å². The Kier molecular flexibility index (Phi) is 4.35. The summed E-state index contributed by atoms with van der Waals surface area (Å²) in [5.41, 5.74) is 11.5. The molecule has 0 saturated carbocycles. The monoisotopic (exact) mass is 490 g/mol. The van der Waals surface area contributed by atoms with Crippen molar-refractivity contribution in [2.75, 3.05) is 11.1 Å². The van der Waals surface area contributed by atoms with E-state index in [2.05, 4.69) is 20.3 Å². The predicted molar refractivity (Wildman–Crippen MR) is 135 cm³/mol. The van der Waals surface area contributed by atoms with Gasteiger partial charge < -0.3 is 16.8 Å². The van der Waals surface area contributed by atoms with Crippen LogP contribution in [-0.2, 0) is 6.98 Å². The lowest BCUT2D eigenvalue weighted by Gasteiger charge is -2.21. The standard InChI is InChI=1S/C25H23FN8O2/c1-12-6-16(13(2)32-19-5-4-15(26)8-17(19)22(27)35)21-18(7-12)24(36)33(3)23-20(31-11-34(21)23)14-9-29-25(28)30-10-14/h4-11,13,32H,1-3H3,(H2,27,35)(H2,28,29,30)/t13-/m0/s1/i3D3,13D. The minimum Gasteiger partial charge on any atom is -0.378 e. The highest BCUT2D eigenvalue weighted by molar-refractivity contribution is 5.98. The van der Waals surface area contributed by atoms with Gasteiger partial charge in [-0.15, -0.1) is 0 Å².